The zero-order chi connectivity index (χ0) is 23.2. The van der Waals surface area contributed by atoms with E-state index in [1.165, 1.54) is 17.9 Å². The number of methoxy groups -OCH3 is 1. The molecule has 4 rings (SSSR count). The van der Waals surface area contributed by atoms with Gasteiger partial charge in [-0.2, -0.15) is 5.10 Å². The molecule has 3 heterocycles. The molecule has 0 radical (unpaired) electrons. The number of carbonyl (C=O) groups is 1. The van der Waals surface area contributed by atoms with Crippen LogP contribution in [0.3, 0.4) is 0 Å². The van der Waals surface area contributed by atoms with Crippen molar-refractivity contribution < 1.29 is 13.9 Å². The average Bonchev–Trinajstić information content (AvgIpc) is 3.07. The maximum Gasteiger partial charge on any atom is 0.229 e. The molecule has 32 heavy (non-hydrogen) atoms. The van der Waals surface area contributed by atoms with Crippen molar-refractivity contribution in [2.75, 3.05) is 12.0 Å². The molecule has 0 N–H and O–H groups in total. The highest BCUT2D eigenvalue weighted by Gasteiger charge is 2.25. The van der Waals surface area contributed by atoms with E-state index < -0.39 is 5.82 Å². The SMILES string of the molecule is COc1cc2ncc(C)c(N(C(C)=O)c3ncc(C)cc3F)c2cc1-c1cn(C)nc1C. The topological polar surface area (TPSA) is 73.1 Å². The second kappa shape index (κ2) is 8.03. The number of nitrogens with zero attached hydrogens (tertiary/aromatic N) is 5. The first kappa shape index (κ1) is 21.4. The van der Waals surface area contributed by atoms with Crippen LogP contribution >= 0.6 is 0 Å². The largest absolute Gasteiger partial charge is 0.496 e. The molecule has 164 valence electrons. The lowest BCUT2D eigenvalue weighted by Gasteiger charge is -2.24. The van der Waals surface area contributed by atoms with E-state index in [0.29, 0.717) is 33.5 Å². The van der Waals surface area contributed by atoms with E-state index in [2.05, 4.69) is 15.1 Å². The summed E-state index contributed by atoms with van der Waals surface area (Å²) in [4.78, 5) is 22.8. The van der Waals surface area contributed by atoms with Crippen molar-refractivity contribution in [2.24, 2.45) is 7.05 Å². The molecule has 7 nitrogen and oxygen atoms in total. The number of aryl methyl sites for hydroxylation is 4. The molecule has 0 fully saturated rings. The summed E-state index contributed by atoms with van der Waals surface area (Å²) in [5, 5.41) is 5.12. The highest BCUT2D eigenvalue weighted by Crippen LogP contribution is 2.41. The van der Waals surface area contributed by atoms with Crippen LogP contribution in [0, 0.1) is 26.6 Å². The molecule has 0 unspecified atom stereocenters. The van der Waals surface area contributed by atoms with E-state index in [1.54, 1.807) is 31.1 Å². The van der Waals surface area contributed by atoms with Crippen LogP contribution in [0.15, 0.2) is 36.8 Å². The number of ether oxygens (including phenoxy) is 1. The number of carbonyl (C=O) groups excluding carboxylic acids is 1. The minimum absolute atomic E-state index is 0.0476. The summed E-state index contributed by atoms with van der Waals surface area (Å²) in [6.07, 6.45) is 5.11. The zero-order valence-corrected chi connectivity index (χ0v) is 18.9. The molecule has 0 atom stereocenters. The van der Waals surface area contributed by atoms with Crippen LogP contribution in [0.4, 0.5) is 15.9 Å². The zero-order valence-electron chi connectivity index (χ0n) is 18.9. The molecule has 3 aromatic heterocycles. The Morgan fingerprint density at radius 2 is 1.84 bits per heavy atom. The number of amides is 1. The fourth-order valence-corrected chi connectivity index (χ4v) is 3.95. The first-order chi connectivity index (χ1) is 15.2. The molecule has 8 heteroatoms. The molecule has 0 saturated carbocycles. The Bertz CT molecular complexity index is 1360. The summed E-state index contributed by atoms with van der Waals surface area (Å²) in [6, 6.07) is 5.09. The van der Waals surface area contributed by atoms with Gasteiger partial charge >= 0.3 is 0 Å². The Hall–Kier alpha value is -3.81. The molecule has 1 amide bonds. The second-order valence-electron chi connectivity index (χ2n) is 7.83. The fraction of sp³-hybridized carbons (Fsp3) is 0.250. The van der Waals surface area contributed by atoms with Crippen LogP contribution in [-0.4, -0.2) is 32.8 Å². The third-order valence-corrected chi connectivity index (χ3v) is 5.36. The van der Waals surface area contributed by atoms with Gasteiger partial charge in [-0.3, -0.25) is 19.4 Å². The molecule has 4 aromatic rings. The maximum absolute atomic E-state index is 14.9. The first-order valence-electron chi connectivity index (χ1n) is 10.1. The second-order valence-corrected chi connectivity index (χ2v) is 7.83. The van der Waals surface area contributed by atoms with Crippen molar-refractivity contribution in [2.45, 2.75) is 27.7 Å². The number of benzene rings is 1. The van der Waals surface area contributed by atoms with Gasteiger partial charge in [0.05, 0.1) is 24.0 Å². The summed E-state index contributed by atoms with van der Waals surface area (Å²) in [5.41, 5.74) is 5.07. The number of aromatic nitrogens is 4. The van der Waals surface area contributed by atoms with Gasteiger partial charge in [0.1, 0.15) is 5.75 Å². The van der Waals surface area contributed by atoms with E-state index in [0.717, 1.165) is 16.8 Å². The van der Waals surface area contributed by atoms with Crippen LogP contribution in [0.5, 0.6) is 5.75 Å². The number of hydrogen-bond acceptors (Lipinski definition) is 5. The predicted molar refractivity (Wildman–Crippen MR) is 122 cm³/mol. The molecule has 1 aromatic carbocycles. The van der Waals surface area contributed by atoms with Gasteiger partial charge in [-0.15, -0.1) is 0 Å². The van der Waals surface area contributed by atoms with Gasteiger partial charge in [0.2, 0.25) is 5.91 Å². The van der Waals surface area contributed by atoms with Crippen LogP contribution in [0.1, 0.15) is 23.7 Å². The number of fused-ring (bicyclic) bond motifs is 1. The third kappa shape index (κ3) is 3.57. The van der Waals surface area contributed by atoms with Crippen molar-refractivity contribution in [3.8, 4) is 16.9 Å². The van der Waals surface area contributed by atoms with Gasteiger partial charge < -0.3 is 4.74 Å². The van der Waals surface area contributed by atoms with Crippen molar-refractivity contribution in [1.82, 2.24) is 19.7 Å². The third-order valence-electron chi connectivity index (χ3n) is 5.36. The smallest absolute Gasteiger partial charge is 0.229 e. The lowest BCUT2D eigenvalue weighted by molar-refractivity contribution is -0.115. The summed E-state index contributed by atoms with van der Waals surface area (Å²) >= 11 is 0. The summed E-state index contributed by atoms with van der Waals surface area (Å²) in [6.45, 7) is 6.90. The lowest BCUT2D eigenvalue weighted by atomic mass is 10.00. The molecule has 0 bridgehead atoms. The average molecular weight is 433 g/mol. The maximum atomic E-state index is 14.9. The van der Waals surface area contributed by atoms with Crippen LogP contribution in [-0.2, 0) is 11.8 Å². The van der Waals surface area contributed by atoms with E-state index in [1.807, 2.05) is 39.2 Å². The monoisotopic (exact) mass is 433 g/mol. The number of halogens is 1. The van der Waals surface area contributed by atoms with Crippen molar-refractivity contribution in [3.63, 3.8) is 0 Å². The Morgan fingerprint density at radius 1 is 1.09 bits per heavy atom. The van der Waals surface area contributed by atoms with Crippen LogP contribution < -0.4 is 9.64 Å². The Labute approximate surface area is 185 Å². The van der Waals surface area contributed by atoms with Crippen LogP contribution in [0.2, 0.25) is 0 Å². The highest BCUT2D eigenvalue weighted by atomic mass is 19.1. The fourth-order valence-electron chi connectivity index (χ4n) is 3.95. The van der Waals surface area contributed by atoms with Gasteiger partial charge in [-0.25, -0.2) is 9.37 Å². The standard InChI is InChI=1S/C24H24FN5O2/c1-13-7-20(25)24(27-10-13)30(16(4)31)23-14(2)11-26-21-9-22(32-6)17(8-18(21)23)19-12-29(5)28-15(19)3/h7-12H,1-6H3. The molecule has 0 saturated heterocycles. The van der Waals surface area contributed by atoms with Gasteiger partial charge in [0, 0.05) is 55.1 Å². The molecular formula is C24H24FN5O2. The van der Waals surface area contributed by atoms with Crippen molar-refractivity contribution in [3.05, 3.63) is 59.4 Å². The van der Waals surface area contributed by atoms with Gasteiger partial charge in [0.25, 0.3) is 0 Å². The van der Waals surface area contributed by atoms with E-state index in [4.69, 9.17) is 4.74 Å². The van der Waals surface area contributed by atoms with Gasteiger partial charge in [-0.1, -0.05) is 0 Å². The van der Waals surface area contributed by atoms with Gasteiger partial charge in [-0.05, 0) is 44.0 Å². The Balaban J connectivity index is 2.06. The number of anilines is 2. The van der Waals surface area contributed by atoms with E-state index in [-0.39, 0.29) is 11.7 Å². The summed E-state index contributed by atoms with van der Waals surface area (Å²) in [5.74, 6) is -0.342. The van der Waals surface area contributed by atoms with E-state index >= 15 is 0 Å². The lowest BCUT2D eigenvalue weighted by Crippen LogP contribution is -2.26. The highest BCUT2D eigenvalue weighted by molar-refractivity contribution is 6.08. The predicted octanol–water partition coefficient (Wildman–Crippen LogP) is 4.79. The van der Waals surface area contributed by atoms with Crippen LogP contribution in [0.25, 0.3) is 22.0 Å². The van der Waals surface area contributed by atoms with Gasteiger partial charge in [0.15, 0.2) is 11.6 Å². The summed E-state index contributed by atoms with van der Waals surface area (Å²) < 4.78 is 22.3. The molecule has 0 aliphatic rings. The first-order valence-corrected chi connectivity index (χ1v) is 10.1. The number of rotatable bonds is 4. The minimum atomic E-state index is -0.568. The molecule has 0 spiro atoms. The number of pyridine rings is 2. The number of hydrogen-bond donors (Lipinski definition) is 0. The van der Waals surface area contributed by atoms with Crippen molar-refractivity contribution in [1.29, 1.82) is 0 Å². The molecular weight excluding hydrogens is 409 g/mol. The van der Waals surface area contributed by atoms with E-state index in [9.17, 15) is 9.18 Å². The summed E-state index contributed by atoms with van der Waals surface area (Å²) in [7, 11) is 3.45. The Morgan fingerprint density at radius 3 is 2.44 bits per heavy atom. The quantitative estimate of drug-likeness (QED) is 0.463. The van der Waals surface area contributed by atoms with Crippen molar-refractivity contribution >= 4 is 28.3 Å². The molecule has 0 aliphatic heterocycles. The normalized spacial score (nSPS) is 11.1. The minimum Gasteiger partial charge on any atom is -0.496 e. The molecule has 0 aliphatic carbocycles. The Kier molecular flexibility index (Phi) is 5.38.